The average molecular weight is 161 g/mol. The van der Waals surface area contributed by atoms with Crippen LogP contribution in [-0.2, 0) is 0 Å². The first-order chi connectivity index (χ1) is 5.00. The van der Waals surface area contributed by atoms with Crippen molar-refractivity contribution in [3.63, 3.8) is 0 Å². The maximum Gasteiger partial charge on any atom is 0.0552 e. The molecule has 0 aliphatic rings. The van der Waals surface area contributed by atoms with Crippen LogP contribution in [0.15, 0.2) is 0 Å². The second-order valence-corrected chi connectivity index (χ2v) is 3.34. The van der Waals surface area contributed by atoms with Gasteiger partial charge < -0.3 is 15.9 Å². The van der Waals surface area contributed by atoms with Crippen molar-refractivity contribution in [2.24, 2.45) is 17.6 Å². The van der Waals surface area contributed by atoms with Gasteiger partial charge in [0.05, 0.1) is 6.10 Å². The second kappa shape index (κ2) is 4.70. The lowest BCUT2D eigenvalue weighted by Crippen LogP contribution is -2.41. The van der Waals surface area contributed by atoms with Gasteiger partial charge in [-0.05, 0) is 18.8 Å². The van der Waals surface area contributed by atoms with E-state index in [1.54, 1.807) is 6.92 Å². The van der Waals surface area contributed by atoms with Gasteiger partial charge in [-0.15, -0.1) is 0 Å². The minimum absolute atomic E-state index is 0.0390. The Morgan fingerprint density at radius 2 is 1.73 bits per heavy atom. The highest BCUT2D eigenvalue weighted by Crippen LogP contribution is 2.13. The molecule has 0 heterocycles. The van der Waals surface area contributed by atoms with E-state index >= 15 is 0 Å². The Morgan fingerprint density at radius 3 is 2.00 bits per heavy atom. The highest BCUT2D eigenvalue weighted by Gasteiger charge is 2.22. The van der Waals surface area contributed by atoms with Crippen molar-refractivity contribution in [1.29, 1.82) is 0 Å². The van der Waals surface area contributed by atoms with Crippen molar-refractivity contribution < 1.29 is 10.2 Å². The molecule has 11 heavy (non-hydrogen) atoms. The van der Waals surface area contributed by atoms with Crippen LogP contribution in [0.2, 0.25) is 0 Å². The summed E-state index contributed by atoms with van der Waals surface area (Å²) in [5, 5.41) is 17.9. The summed E-state index contributed by atoms with van der Waals surface area (Å²) in [5.41, 5.74) is 5.75. The van der Waals surface area contributed by atoms with E-state index in [9.17, 15) is 5.11 Å². The predicted octanol–water partition coefficient (Wildman–Crippen LogP) is -0.0410. The van der Waals surface area contributed by atoms with Crippen molar-refractivity contribution in [2.75, 3.05) is 6.61 Å². The summed E-state index contributed by atoms with van der Waals surface area (Å²) < 4.78 is 0. The van der Waals surface area contributed by atoms with Crippen molar-refractivity contribution in [2.45, 2.75) is 32.9 Å². The lowest BCUT2D eigenvalue weighted by atomic mass is 9.89. The zero-order valence-electron chi connectivity index (χ0n) is 7.49. The Bertz CT molecular complexity index is 106. The Labute approximate surface area is 68.2 Å². The highest BCUT2D eigenvalue weighted by molar-refractivity contribution is 4.77. The molecule has 0 aliphatic carbocycles. The van der Waals surface area contributed by atoms with E-state index in [-0.39, 0.29) is 24.5 Å². The van der Waals surface area contributed by atoms with Gasteiger partial charge in [0, 0.05) is 12.6 Å². The van der Waals surface area contributed by atoms with E-state index in [1.165, 1.54) is 0 Å². The third kappa shape index (κ3) is 3.18. The SMILES string of the molecule is CC(C(N)[C@H](C)CO)[C@H](C)O. The van der Waals surface area contributed by atoms with Gasteiger partial charge in [-0.2, -0.15) is 0 Å². The fourth-order valence-electron chi connectivity index (χ4n) is 0.962. The van der Waals surface area contributed by atoms with Gasteiger partial charge in [-0.25, -0.2) is 0 Å². The standard InChI is InChI=1S/C8H19NO2/c1-5(4-10)8(9)6(2)7(3)11/h5-8,10-11H,4,9H2,1-3H3/t5-,6?,7+,8?/m1/s1. The maximum atomic E-state index is 9.17. The average Bonchev–Trinajstić information content (AvgIpc) is 2.00. The third-order valence-electron chi connectivity index (χ3n) is 2.31. The molecule has 0 spiro atoms. The largest absolute Gasteiger partial charge is 0.396 e. The van der Waals surface area contributed by atoms with Crippen molar-refractivity contribution in [3.05, 3.63) is 0 Å². The summed E-state index contributed by atoms with van der Waals surface area (Å²) in [6.45, 7) is 5.57. The fourth-order valence-corrected chi connectivity index (χ4v) is 0.962. The first kappa shape index (κ1) is 10.9. The maximum absolute atomic E-state index is 9.17. The van der Waals surface area contributed by atoms with E-state index in [0.29, 0.717) is 0 Å². The lowest BCUT2D eigenvalue weighted by Gasteiger charge is -2.26. The number of hydrogen-bond donors (Lipinski definition) is 3. The molecule has 4 N–H and O–H groups in total. The third-order valence-corrected chi connectivity index (χ3v) is 2.31. The molecule has 0 aromatic heterocycles. The number of nitrogens with two attached hydrogens (primary N) is 1. The zero-order chi connectivity index (χ0) is 9.02. The van der Waals surface area contributed by atoms with E-state index in [0.717, 1.165) is 0 Å². The van der Waals surface area contributed by atoms with E-state index in [2.05, 4.69) is 0 Å². The van der Waals surface area contributed by atoms with Crippen molar-refractivity contribution in [3.8, 4) is 0 Å². The van der Waals surface area contributed by atoms with E-state index in [4.69, 9.17) is 10.8 Å². The van der Waals surface area contributed by atoms with E-state index < -0.39 is 6.10 Å². The Morgan fingerprint density at radius 1 is 1.27 bits per heavy atom. The quantitative estimate of drug-likeness (QED) is 0.542. The van der Waals surface area contributed by atoms with Crippen LogP contribution >= 0.6 is 0 Å². The molecule has 2 unspecified atom stereocenters. The number of rotatable bonds is 4. The van der Waals surface area contributed by atoms with Gasteiger partial charge in [0.1, 0.15) is 0 Å². The molecule has 0 radical (unpaired) electrons. The summed E-state index contributed by atoms with van der Waals surface area (Å²) in [4.78, 5) is 0. The molecule has 3 heteroatoms. The number of aliphatic hydroxyl groups is 2. The van der Waals surface area contributed by atoms with Gasteiger partial charge in [0.25, 0.3) is 0 Å². The minimum atomic E-state index is -0.404. The summed E-state index contributed by atoms with van der Waals surface area (Å²) in [6, 6.07) is -0.125. The second-order valence-electron chi connectivity index (χ2n) is 3.34. The molecule has 4 atom stereocenters. The van der Waals surface area contributed by atoms with Crippen LogP contribution in [0.5, 0.6) is 0 Å². The minimum Gasteiger partial charge on any atom is -0.396 e. The molecule has 0 saturated carbocycles. The summed E-state index contributed by atoms with van der Waals surface area (Å²) in [5.74, 6) is 0.0942. The van der Waals surface area contributed by atoms with Crippen LogP contribution in [0.1, 0.15) is 20.8 Å². The highest BCUT2D eigenvalue weighted by atomic mass is 16.3. The van der Waals surface area contributed by atoms with Gasteiger partial charge >= 0.3 is 0 Å². The van der Waals surface area contributed by atoms with Crippen molar-refractivity contribution >= 4 is 0 Å². The molecule has 0 fully saturated rings. The number of aliphatic hydroxyl groups excluding tert-OH is 2. The van der Waals surface area contributed by atoms with Crippen LogP contribution in [0, 0.1) is 11.8 Å². The fraction of sp³-hybridized carbons (Fsp3) is 1.00. The van der Waals surface area contributed by atoms with Gasteiger partial charge in [0.2, 0.25) is 0 Å². The topological polar surface area (TPSA) is 66.5 Å². The van der Waals surface area contributed by atoms with Crippen LogP contribution in [-0.4, -0.2) is 29.0 Å². The van der Waals surface area contributed by atoms with Gasteiger partial charge in [0.15, 0.2) is 0 Å². The molecular weight excluding hydrogens is 142 g/mol. The molecule has 0 saturated heterocycles. The van der Waals surface area contributed by atoms with Crippen LogP contribution < -0.4 is 5.73 Å². The predicted molar refractivity (Wildman–Crippen MR) is 45.1 cm³/mol. The normalized spacial score (nSPS) is 22.4. The van der Waals surface area contributed by atoms with Crippen LogP contribution in [0.3, 0.4) is 0 Å². The van der Waals surface area contributed by atoms with Crippen molar-refractivity contribution in [1.82, 2.24) is 0 Å². The molecule has 3 nitrogen and oxygen atoms in total. The van der Waals surface area contributed by atoms with E-state index in [1.807, 2.05) is 13.8 Å². The number of hydrogen-bond acceptors (Lipinski definition) is 3. The van der Waals surface area contributed by atoms with Gasteiger partial charge in [-0.1, -0.05) is 13.8 Å². The molecule has 0 rings (SSSR count). The molecule has 0 aromatic rings. The monoisotopic (exact) mass is 161 g/mol. The molecular formula is C8H19NO2. The lowest BCUT2D eigenvalue weighted by molar-refractivity contribution is 0.0928. The summed E-state index contributed by atoms with van der Waals surface area (Å²) in [6.07, 6.45) is -0.404. The first-order valence-corrected chi connectivity index (χ1v) is 4.05. The Hall–Kier alpha value is -0.120. The van der Waals surface area contributed by atoms with Crippen LogP contribution in [0.4, 0.5) is 0 Å². The zero-order valence-corrected chi connectivity index (χ0v) is 7.49. The molecule has 68 valence electrons. The molecule has 0 aromatic carbocycles. The van der Waals surface area contributed by atoms with Crippen LogP contribution in [0.25, 0.3) is 0 Å². The molecule has 0 bridgehead atoms. The Kier molecular flexibility index (Phi) is 4.65. The summed E-state index contributed by atoms with van der Waals surface area (Å²) in [7, 11) is 0. The molecule has 0 amide bonds. The summed E-state index contributed by atoms with van der Waals surface area (Å²) >= 11 is 0. The smallest absolute Gasteiger partial charge is 0.0552 e. The first-order valence-electron chi connectivity index (χ1n) is 4.05. The Balaban J connectivity index is 3.90. The van der Waals surface area contributed by atoms with Gasteiger partial charge in [-0.3, -0.25) is 0 Å². The molecule has 0 aliphatic heterocycles.